The third-order valence-electron chi connectivity index (χ3n) is 5.11. The molecule has 1 aromatic carbocycles. The average Bonchev–Trinajstić information content (AvgIpc) is 3.35. The van der Waals surface area contributed by atoms with E-state index in [1.807, 2.05) is 36.1 Å². The van der Waals surface area contributed by atoms with E-state index in [0.717, 1.165) is 36.8 Å². The molecule has 1 amide bonds. The molecule has 4 rings (SSSR count). The molecule has 3 aromatic rings. The Morgan fingerprint density at radius 2 is 2.04 bits per heavy atom. The molecule has 0 atom stereocenters. The number of nitrogens with zero attached hydrogens (tertiary/aromatic N) is 3. The second kappa shape index (κ2) is 8.31. The summed E-state index contributed by atoms with van der Waals surface area (Å²) in [6.07, 6.45) is 5.41. The summed E-state index contributed by atoms with van der Waals surface area (Å²) in [6.45, 7) is 2.30. The Bertz CT molecular complexity index is 959. The van der Waals surface area contributed by atoms with Crippen LogP contribution in [0.25, 0.3) is 11.4 Å². The number of carbonyl (C=O) groups excluding carboxylic acids is 1. The Morgan fingerprint density at radius 3 is 2.75 bits per heavy atom. The number of halogens is 1. The van der Waals surface area contributed by atoms with E-state index in [4.69, 9.17) is 8.94 Å². The molecule has 1 aliphatic carbocycles. The number of hydrogen-bond acceptors (Lipinski definition) is 5. The lowest BCUT2D eigenvalue weighted by Gasteiger charge is -2.32. The summed E-state index contributed by atoms with van der Waals surface area (Å²) in [5.41, 5.74) is 2.03. The van der Waals surface area contributed by atoms with Crippen LogP contribution in [0.2, 0.25) is 0 Å². The van der Waals surface area contributed by atoms with Crippen LogP contribution >= 0.6 is 15.9 Å². The molecule has 0 unspecified atom stereocenters. The Hall–Kier alpha value is -2.41. The predicted octanol–water partition coefficient (Wildman–Crippen LogP) is 5.38. The van der Waals surface area contributed by atoms with Crippen LogP contribution in [0.5, 0.6) is 0 Å². The summed E-state index contributed by atoms with van der Waals surface area (Å²) < 4.78 is 11.5. The maximum Gasteiger partial charge on any atom is 0.290 e. The Morgan fingerprint density at radius 1 is 1.21 bits per heavy atom. The highest BCUT2D eigenvalue weighted by Gasteiger charge is 2.30. The van der Waals surface area contributed by atoms with E-state index in [2.05, 4.69) is 26.1 Å². The number of benzene rings is 1. The zero-order valence-electron chi connectivity index (χ0n) is 15.7. The normalized spacial score (nSPS) is 14.9. The lowest BCUT2D eigenvalue weighted by atomic mass is 9.94. The minimum atomic E-state index is -0.145. The molecule has 0 radical (unpaired) electrons. The fourth-order valence-electron chi connectivity index (χ4n) is 3.70. The average molecular weight is 444 g/mol. The molecule has 1 saturated carbocycles. The number of amides is 1. The highest BCUT2D eigenvalue weighted by atomic mass is 79.9. The van der Waals surface area contributed by atoms with Crippen LogP contribution in [0.4, 0.5) is 0 Å². The fraction of sp³-hybridized carbons (Fsp3) is 0.381. The predicted molar refractivity (Wildman–Crippen MR) is 108 cm³/mol. The summed E-state index contributed by atoms with van der Waals surface area (Å²) in [7, 11) is 0. The molecular formula is C21H22BrN3O3. The summed E-state index contributed by atoms with van der Waals surface area (Å²) in [5, 5.41) is 4.11. The van der Waals surface area contributed by atoms with Gasteiger partial charge in [0.2, 0.25) is 11.7 Å². The molecule has 0 spiro atoms. The van der Waals surface area contributed by atoms with Crippen LogP contribution in [0.15, 0.2) is 50.0 Å². The Labute approximate surface area is 172 Å². The van der Waals surface area contributed by atoms with Gasteiger partial charge < -0.3 is 13.8 Å². The molecule has 0 saturated heterocycles. The van der Waals surface area contributed by atoms with E-state index < -0.39 is 0 Å². The number of rotatable bonds is 5. The molecule has 2 aromatic heterocycles. The smallest absolute Gasteiger partial charge is 0.290 e. The molecule has 0 bridgehead atoms. The van der Waals surface area contributed by atoms with Crippen molar-refractivity contribution < 1.29 is 13.7 Å². The van der Waals surface area contributed by atoms with Gasteiger partial charge in [-0.1, -0.05) is 48.2 Å². The summed E-state index contributed by atoms with van der Waals surface area (Å²) >= 11 is 3.27. The van der Waals surface area contributed by atoms with Crippen molar-refractivity contribution >= 4 is 21.8 Å². The van der Waals surface area contributed by atoms with Crippen molar-refractivity contribution in [3.63, 3.8) is 0 Å². The zero-order valence-corrected chi connectivity index (χ0v) is 17.3. The van der Waals surface area contributed by atoms with Gasteiger partial charge in [-0.2, -0.15) is 4.98 Å². The van der Waals surface area contributed by atoms with Gasteiger partial charge >= 0.3 is 0 Å². The molecule has 1 fully saturated rings. The molecule has 0 N–H and O–H groups in total. The number of hydrogen-bond donors (Lipinski definition) is 0. The van der Waals surface area contributed by atoms with Crippen LogP contribution in [0.3, 0.4) is 0 Å². The van der Waals surface area contributed by atoms with E-state index in [-0.39, 0.29) is 18.5 Å². The van der Waals surface area contributed by atoms with Crippen molar-refractivity contribution in [1.82, 2.24) is 15.0 Å². The van der Waals surface area contributed by atoms with Gasteiger partial charge in [-0.05, 0) is 53.9 Å². The van der Waals surface area contributed by atoms with Crippen LogP contribution in [0, 0.1) is 6.92 Å². The molecule has 6 nitrogen and oxygen atoms in total. The van der Waals surface area contributed by atoms with Crippen LogP contribution in [-0.4, -0.2) is 27.0 Å². The Kier molecular flexibility index (Phi) is 5.62. The minimum Gasteiger partial charge on any atom is -0.444 e. The highest BCUT2D eigenvalue weighted by molar-refractivity contribution is 9.10. The first-order valence-corrected chi connectivity index (χ1v) is 10.4. The maximum atomic E-state index is 13.1. The third-order valence-corrected chi connectivity index (χ3v) is 5.54. The SMILES string of the molecule is Cc1cccc(-c2noc(CN(C(=O)c3ccc(Br)o3)C3CCCCC3)n2)c1. The van der Waals surface area contributed by atoms with E-state index >= 15 is 0 Å². The molecule has 2 heterocycles. The Balaban J connectivity index is 1.58. The van der Waals surface area contributed by atoms with E-state index in [9.17, 15) is 4.79 Å². The van der Waals surface area contributed by atoms with Crippen molar-refractivity contribution in [2.24, 2.45) is 0 Å². The van der Waals surface area contributed by atoms with Crippen LogP contribution in [-0.2, 0) is 6.54 Å². The van der Waals surface area contributed by atoms with Gasteiger partial charge in [0.25, 0.3) is 5.91 Å². The van der Waals surface area contributed by atoms with Gasteiger partial charge in [-0.25, -0.2) is 0 Å². The third kappa shape index (κ3) is 4.19. The quantitative estimate of drug-likeness (QED) is 0.529. The lowest BCUT2D eigenvalue weighted by molar-refractivity contribution is 0.0552. The van der Waals surface area contributed by atoms with E-state index in [1.165, 1.54) is 6.42 Å². The molecule has 1 aliphatic rings. The molecular weight excluding hydrogens is 422 g/mol. The first kappa shape index (κ1) is 18.9. The second-order valence-corrected chi connectivity index (χ2v) is 7.99. The monoisotopic (exact) mass is 443 g/mol. The first-order chi connectivity index (χ1) is 13.6. The van der Waals surface area contributed by atoms with Crippen molar-refractivity contribution in [2.75, 3.05) is 0 Å². The maximum absolute atomic E-state index is 13.1. The summed E-state index contributed by atoms with van der Waals surface area (Å²) in [5.74, 6) is 1.14. The number of aryl methyl sites for hydroxylation is 1. The van der Waals surface area contributed by atoms with Gasteiger partial charge in [0.05, 0.1) is 0 Å². The number of aromatic nitrogens is 2. The number of carbonyl (C=O) groups is 1. The van der Waals surface area contributed by atoms with Gasteiger partial charge in [0.1, 0.15) is 6.54 Å². The van der Waals surface area contributed by atoms with E-state index in [1.54, 1.807) is 12.1 Å². The standard InChI is InChI=1S/C21H22BrN3O3/c1-14-6-5-7-15(12-14)20-23-19(28-24-20)13-25(16-8-3-2-4-9-16)21(26)17-10-11-18(22)27-17/h5-7,10-12,16H,2-4,8-9,13H2,1H3. The van der Waals surface area contributed by atoms with Crippen LogP contribution < -0.4 is 0 Å². The van der Waals surface area contributed by atoms with Gasteiger partial charge in [0, 0.05) is 11.6 Å². The molecule has 7 heteroatoms. The summed E-state index contributed by atoms with van der Waals surface area (Å²) in [4.78, 5) is 19.4. The summed E-state index contributed by atoms with van der Waals surface area (Å²) in [6, 6.07) is 11.5. The number of furan rings is 1. The molecule has 28 heavy (non-hydrogen) atoms. The molecule has 146 valence electrons. The minimum absolute atomic E-state index is 0.145. The fourth-order valence-corrected chi connectivity index (χ4v) is 4.00. The van der Waals surface area contributed by atoms with Gasteiger partial charge in [-0.3, -0.25) is 4.79 Å². The largest absolute Gasteiger partial charge is 0.444 e. The van der Waals surface area contributed by atoms with E-state index in [0.29, 0.717) is 22.1 Å². The van der Waals surface area contributed by atoms with Crippen molar-refractivity contribution in [3.8, 4) is 11.4 Å². The zero-order chi connectivity index (χ0) is 19.5. The van der Waals surface area contributed by atoms with Crippen molar-refractivity contribution in [2.45, 2.75) is 51.6 Å². The topological polar surface area (TPSA) is 72.4 Å². The first-order valence-electron chi connectivity index (χ1n) is 9.56. The van der Waals surface area contributed by atoms with Crippen molar-refractivity contribution in [1.29, 1.82) is 0 Å². The highest BCUT2D eigenvalue weighted by Crippen LogP contribution is 2.27. The van der Waals surface area contributed by atoms with Crippen molar-refractivity contribution in [3.05, 3.63) is 58.3 Å². The van der Waals surface area contributed by atoms with Gasteiger partial charge in [0.15, 0.2) is 10.4 Å². The van der Waals surface area contributed by atoms with Crippen LogP contribution in [0.1, 0.15) is 54.1 Å². The lowest BCUT2D eigenvalue weighted by Crippen LogP contribution is -2.41. The van der Waals surface area contributed by atoms with Gasteiger partial charge in [-0.15, -0.1) is 0 Å². The molecule has 0 aliphatic heterocycles. The second-order valence-electron chi connectivity index (χ2n) is 7.21.